The fourth-order valence-corrected chi connectivity index (χ4v) is 1.53. The summed E-state index contributed by atoms with van der Waals surface area (Å²) in [5.74, 6) is -2.12. The van der Waals surface area contributed by atoms with Crippen LogP contribution in [-0.2, 0) is 4.74 Å². The Balaban J connectivity index is 2.79. The van der Waals surface area contributed by atoms with Gasteiger partial charge in [-0.15, -0.1) is 0 Å². The van der Waals surface area contributed by atoms with Crippen LogP contribution in [0.3, 0.4) is 0 Å². The molecular formula is C10H10F2INO2. The molecule has 1 N–H and O–H groups in total. The monoisotopic (exact) mass is 341 g/mol. The molecule has 6 heteroatoms. The molecule has 1 aromatic rings. The van der Waals surface area contributed by atoms with Crippen molar-refractivity contribution in [1.82, 2.24) is 5.32 Å². The van der Waals surface area contributed by atoms with Gasteiger partial charge in [-0.25, -0.2) is 8.78 Å². The molecule has 0 aliphatic heterocycles. The molecule has 0 saturated carbocycles. The molecule has 1 aromatic carbocycles. The number of halogens is 3. The Hall–Kier alpha value is -0.760. The quantitative estimate of drug-likeness (QED) is 0.517. The Bertz CT molecular complexity index is 399. The first-order chi connectivity index (χ1) is 7.56. The largest absolute Gasteiger partial charge is 0.383 e. The van der Waals surface area contributed by atoms with Crippen molar-refractivity contribution >= 4 is 28.5 Å². The van der Waals surface area contributed by atoms with E-state index in [1.54, 1.807) is 22.6 Å². The van der Waals surface area contributed by atoms with Gasteiger partial charge in [0, 0.05) is 23.3 Å². The third-order valence-corrected chi connectivity index (χ3v) is 2.67. The van der Waals surface area contributed by atoms with Crippen LogP contribution in [-0.4, -0.2) is 26.2 Å². The molecule has 0 aromatic heterocycles. The highest BCUT2D eigenvalue weighted by Crippen LogP contribution is 2.16. The second-order valence-corrected chi connectivity index (χ2v) is 4.16. The number of hydrogen-bond donors (Lipinski definition) is 1. The summed E-state index contributed by atoms with van der Waals surface area (Å²) < 4.78 is 31.1. The summed E-state index contributed by atoms with van der Waals surface area (Å²) in [5.41, 5.74) is -0.165. The van der Waals surface area contributed by atoms with E-state index in [1.807, 2.05) is 0 Å². The number of carbonyl (C=O) groups is 1. The summed E-state index contributed by atoms with van der Waals surface area (Å²) >= 11 is 1.70. The number of rotatable bonds is 4. The second kappa shape index (κ2) is 6.09. The second-order valence-electron chi connectivity index (χ2n) is 2.99. The molecule has 0 heterocycles. The van der Waals surface area contributed by atoms with Crippen molar-refractivity contribution in [3.8, 4) is 0 Å². The molecule has 16 heavy (non-hydrogen) atoms. The van der Waals surface area contributed by atoms with Crippen molar-refractivity contribution in [3.05, 3.63) is 32.9 Å². The summed E-state index contributed by atoms with van der Waals surface area (Å²) in [6.45, 7) is 0.619. The van der Waals surface area contributed by atoms with Crippen molar-refractivity contribution in [2.24, 2.45) is 0 Å². The van der Waals surface area contributed by atoms with E-state index in [9.17, 15) is 13.6 Å². The number of benzene rings is 1. The van der Waals surface area contributed by atoms with Gasteiger partial charge in [-0.05, 0) is 28.7 Å². The number of carbonyl (C=O) groups excluding carboxylic acids is 1. The lowest BCUT2D eigenvalue weighted by atomic mass is 10.2. The smallest absolute Gasteiger partial charge is 0.254 e. The van der Waals surface area contributed by atoms with E-state index in [2.05, 4.69) is 5.32 Å². The van der Waals surface area contributed by atoms with Gasteiger partial charge in [0.05, 0.1) is 12.2 Å². The maximum Gasteiger partial charge on any atom is 0.254 e. The topological polar surface area (TPSA) is 38.3 Å². The van der Waals surface area contributed by atoms with Crippen LogP contribution in [0.4, 0.5) is 8.78 Å². The van der Waals surface area contributed by atoms with Gasteiger partial charge in [-0.2, -0.15) is 0 Å². The zero-order valence-electron chi connectivity index (χ0n) is 8.52. The zero-order valence-corrected chi connectivity index (χ0v) is 10.7. The maximum absolute atomic E-state index is 13.3. The standard InChI is InChI=1S/C10H10F2INO2/c1-16-3-2-14-10(15)6-4-9(13)8(12)5-7(6)11/h4-5H,2-3H2,1H3,(H,14,15). The van der Waals surface area contributed by atoms with Gasteiger partial charge in [0.15, 0.2) is 0 Å². The molecule has 0 fully saturated rings. The van der Waals surface area contributed by atoms with Gasteiger partial charge >= 0.3 is 0 Å². The number of nitrogens with one attached hydrogen (secondary N) is 1. The van der Waals surface area contributed by atoms with Crippen molar-refractivity contribution in [2.45, 2.75) is 0 Å². The first-order valence-electron chi connectivity index (χ1n) is 4.48. The van der Waals surface area contributed by atoms with Gasteiger partial charge in [0.1, 0.15) is 11.6 Å². The SMILES string of the molecule is COCCNC(=O)c1cc(I)c(F)cc1F. The van der Waals surface area contributed by atoms with Gasteiger partial charge in [0.25, 0.3) is 5.91 Å². The predicted octanol–water partition coefficient (Wildman–Crippen LogP) is 1.95. The fraction of sp³-hybridized carbons (Fsp3) is 0.300. The molecule has 3 nitrogen and oxygen atoms in total. The molecule has 1 rings (SSSR count). The van der Waals surface area contributed by atoms with Crippen LogP contribution in [0.15, 0.2) is 12.1 Å². The minimum absolute atomic E-state index is 0.165. The minimum atomic E-state index is -0.868. The third kappa shape index (κ3) is 3.38. The van der Waals surface area contributed by atoms with Gasteiger partial charge in [-0.3, -0.25) is 4.79 Å². The Morgan fingerprint density at radius 3 is 2.75 bits per heavy atom. The lowest BCUT2D eigenvalue weighted by Gasteiger charge is -2.06. The third-order valence-electron chi connectivity index (χ3n) is 1.85. The van der Waals surface area contributed by atoms with Crippen LogP contribution in [0.25, 0.3) is 0 Å². The Morgan fingerprint density at radius 2 is 2.12 bits per heavy atom. The molecule has 88 valence electrons. The molecule has 0 aliphatic rings. The highest BCUT2D eigenvalue weighted by Gasteiger charge is 2.14. The summed E-state index contributed by atoms with van der Waals surface area (Å²) in [7, 11) is 1.49. The van der Waals surface area contributed by atoms with Crippen LogP contribution < -0.4 is 5.32 Å². The first-order valence-corrected chi connectivity index (χ1v) is 5.55. The van der Waals surface area contributed by atoms with Crippen LogP contribution >= 0.6 is 22.6 Å². The lowest BCUT2D eigenvalue weighted by Crippen LogP contribution is -2.27. The number of methoxy groups -OCH3 is 1. The van der Waals surface area contributed by atoms with Crippen LogP contribution in [0, 0.1) is 15.2 Å². The normalized spacial score (nSPS) is 10.2. The molecule has 0 bridgehead atoms. The van der Waals surface area contributed by atoms with Crippen molar-refractivity contribution < 1.29 is 18.3 Å². The zero-order chi connectivity index (χ0) is 12.1. The highest BCUT2D eigenvalue weighted by atomic mass is 127. The first kappa shape index (κ1) is 13.3. The number of ether oxygens (including phenoxy) is 1. The highest BCUT2D eigenvalue weighted by molar-refractivity contribution is 14.1. The number of hydrogen-bond acceptors (Lipinski definition) is 2. The average molecular weight is 341 g/mol. The molecule has 1 amide bonds. The summed E-state index contributed by atoms with van der Waals surface area (Å²) in [4.78, 5) is 11.5. The maximum atomic E-state index is 13.3. The van der Waals surface area contributed by atoms with E-state index in [4.69, 9.17) is 4.74 Å². The fourth-order valence-electron chi connectivity index (χ4n) is 1.06. The molecule has 0 saturated heterocycles. The molecule has 0 aliphatic carbocycles. The van der Waals surface area contributed by atoms with E-state index in [0.29, 0.717) is 12.7 Å². The molecular weight excluding hydrogens is 331 g/mol. The molecule has 0 atom stereocenters. The van der Waals surface area contributed by atoms with Crippen LogP contribution in [0.1, 0.15) is 10.4 Å². The van der Waals surface area contributed by atoms with E-state index >= 15 is 0 Å². The lowest BCUT2D eigenvalue weighted by molar-refractivity contribution is 0.0933. The Kier molecular flexibility index (Phi) is 5.07. The average Bonchev–Trinajstić information content (AvgIpc) is 2.23. The van der Waals surface area contributed by atoms with Crippen LogP contribution in [0.2, 0.25) is 0 Å². The van der Waals surface area contributed by atoms with Gasteiger partial charge < -0.3 is 10.1 Å². The number of amides is 1. The van der Waals surface area contributed by atoms with Gasteiger partial charge in [0.2, 0.25) is 0 Å². The summed E-state index contributed by atoms with van der Waals surface area (Å²) in [6, 6.07) is 1.88. The van der Waals surface area contributed by atoms with E-state index in [-0.39, 0.29) is 15.7 Å². The van der Waals surface area contributed by atoms with Crippen LogP contribution in [0.5, 0.6) is 0 Å². The van der Waals surface area contributed by atoms with Gasteiger partial charge in [-0.1, -0.05) is 0 Å². The van der Waals surface area contributed by atoms with Crippen molar-refractivity contribution in [2.75, 3.05) is 20.3 Å². The van der Waals surface area contributed by atoms with E-state index in [0.717, 1.165) is 0 Å². The van der Waals surface area contributed by atoms with E-state index < -0.39 is 17.5 Å². The molecule has 0 unspecified atom stereocenters. The van der Waals surface area contributed by atoms with E-state index in [1.165, 1.54) is 13.2 Å². The van der Waals surface area contributed by atoms with Crippen molar-refractivity contribution in [1.29, 1.82) is 0 Å². The van der Waals surface area contributed by atoms with Crippen molar-refractivity contribution in [3.63, 3.8) is 0 Å². The Morgan fingerprint density at radius 1 is 1.44 bits per heavy atom. The Labute approximate surface area is 105 Å². The molecule has 0 radical (unpaired) electrons. The molecule has 0 spiro atoms. The summed E-state index contributed by atoms with van der Waals surface area (Å²) in [5, 5.41) is 2.46. The summed E-state index contributed by atoms with van der Waals surface area (Å²) in [6.07, 6.45) is 0. The predicted molar refractivity (Wildman–Crippen MR) is 63.3 cm³/mol. The minimum Gasteiger partial charge on any atom is -0.383 e.